The van der Waals surface area contributed by atoms with E-state index in [9.17, 15) is 9.90 Å². The van der Waals surface area contributed by atoms with Gasteiger partial charge < -0.3 is 9.90 Å². The normalized spacial score (nSPS) is 12.8. The average Bonchev–Trinajstić information content (AvgIpc) is 2.17. The summed E-state index contributed by atoms with van der Waals surface area (Å²) in [6.07, 6.45) is 1.35. The molecule has 0 aliphatic carbocycles. The molecule has 2 heteroatoms. The summed E-state index contributed by atoms with van der Waals surface area (Å²) in [5.74, 6) is 0.814. The molecule has 0 aliphatic rings. The van der Waals surface area contributed by atoms with Gasteiger partial charge in [0, 0.05) is 6.42 Å². The van der Waals surface area contributed by atoms with Crippen LogP contribution < -0.4 is 0 Å². The molecule has 0 spiro atoms. The Morgan fingerprint density at radius 2 is 1.88 bits per heavy atom. The number of aldehydes is 1. The van der Waals surface area contributed by atoms with Gasteiger partial charge in [-0.05, 0) is 41.5 Å². The van der Waals surface area contributed by atoms with Crippen molar-refractivity contribution in [3.63, 3.8) is 0 Å². The Hall–Kier alpha value is -1.31. The molecule has 2 nitrogen and oxygen atoms in total. The standard InChI is InChI=1S/C14H20O2/c1-9(2)12-8-13(10(3)5-6-15)14(16)7-11(12)4/h6-10,16H,5H2,1-4H3. The number of hydrogen-bond acceptors (Lipinski definition) is 2. The van der Waals surface area contributed by atoms with Crippen LogP contribution >= 0.6 is 0 Å². The van der Waals surface area contributed by atoms with E-state index < -0.39 is 0 Å². The topological polar surface area (TPSA) is 37.3 Å². The van der Waals surface area contributed by atoms with Crippen LogP contribution in [0.5, 0.6) is 5.75 Å². The van der Waals surface area contributed by atoms with E-state index in [2.05, 4.69) is 13.8 Å². The second kappa shape index (κ2) is 5.15. The molecule has 1 rings (SSSR count). The summed E-state index contributed by atoms with van der Waals surface area (Å²) < 4.78 is 0. The van der Waals surface area contributed by atoms with Crippen LogP contribution in [-0.4, -0.2) is 11.4 Å². The molecule has 88 valence electrons. The maximum Gasteiger partial charge on any atom is 0.120 e. The molecule has 0 heterocycles. The predicted molar refractivity (Wildman–Crippen MR) is 66.0 cm³/mol. The molecule has 0 amide bonds. The van der Waals surface area contributed by atoms with Crippen molar-refractivity contribution in [2.45, 2.75) is 46.0 Å². The van der Waals surface area contributed by atoms with Crippen LogP contribution in [0.25, 0.3) is 0 Å². The average molecular weight is 220 g/mol. The Morgan fingerprint density at radius 1 is 1.25 bits per heavy atom. The van der Waals surface area contributed by atoms with E-state index in [-0.39, 0.29) is 5.92 Å². The van der Waals surface area contributed by atoms with Crippen molar-refractivity contribution in [3.05, 3.63) is 28.8 Å². The molecule has 1 unspecified atom stereocenters. The molecule has 0 saturated heterocycles. The van der Waals surface area contributed by atoms with Crippen LogP contribution in [0, 0.1) is 6.92 Å². The first-order valence-electron chi connectivity index (χ1n) is 5.74. The van der Waals surface area contributed by atoms with Gasteiger partial charge in [0.2, 0.25) is 0 Å². The van der Waals surface area contributed by atoms with E-state index in [1.165, 1.54) is 5.56 Å². The molecule has 0 aliphatic heterocycles. The minimum atomic E-state index is 0.0793. The lowest BCUT2D eigenvalue weighted by molar-refractivity contribution is -0.108. The van der Waals surface area contributed by atoms with E-state index in [0.717, 1.165) is 17.4 Å². The third kappa shape index (κ3) is 2.63. The quantitative estimate of drug-likeness (QED) is 0.788. The number of rotatable bonds is 4. The number of phenolic OH excluding ortho intramolecular Hbond substituents is 1. The van der Waals surface area contributed by atoms with E-state index in [0.29, 0.717) is 18.1 Å². The summed E-state index contributed by atoms with van der Waals surface area (Å²) in [6.45, 7) is 8.23. The zero-order chi connectivity index (χ0) is 12.3. The highest BCUT2D eigenvalue weighted by atomic mass is 16.3. The Morgan fingerprint density at radius 3 is 2.38 bits per heavy atom. The third-order valence-corrected chi connectivity index (χ3v) is 3.02. The summed E-state index contributed by atoms with van der Waals surface area (Å²) in [5, 5.41) is 9.88. The largest absolute Gasteiger partial charge is 0.508 e. The Kier molecular flexibility index (Phi) is 4.11. The summed E-state index contributed by atoms with van der Waals surface area (Å²) in [4.78, 5) is 10.5. The zero-order valence-electron chi connectivity index (χ0n) is 10.4. The fourth-order valence-electron chi connectivity index (χ4n) is 2.02. The molecule has 0 bridgehead atoms. The van der Waals surface area contributed by atoms with Crippen molar-refractivity contribution in [2.75, 3.05) is 0 Å². The van der Waals surface area contributed by atoms with Crippen molar-refractivity contribution in [3.8, 4) is 5.75 Å². The zero-order valence-corrected chi connectivity index (χ0v) is 10.4. The third-order valence-electron chi connectivity index (χ3n) is 3.02. The van der Waals surface area contributed by atoms with Crippen LogP contribution in [-0.2, 0) is 4.79 Å². The van der Waals surface area contributed by atoms with Gasteiger partial charge in [0.1, 0.15) is 12.0 Å². The smallest absolute Gasteiger partial charge is 0.120 e. The van der Waals surface area contributed by atoms with Gasteiger partial charge in [0.15, 0.2) is 0 Å². The molecule has 1 atom stereocenters. The minimum absolute atomic E-state index is 0.0793. The van der Waals surface area contributed by atoms with Crippen molar-refractivity contribution in [2.24, 2.45) is 0 Å². The number of carbonyl (C=O) groups is 1. The number of hydrogen-bond donors (Lipinski definition) is 1. The maximum absolute atomic E-state index is 10.5. The minimum Gasteiger partial charge on any atom is -0.508 e. The lowest BCUT2D eigenvalue weighted by atomic mass is 9.89. The van der Waals surface area contributed by atoms with Crippen LogP contribution in [0.4, 0.5) is 0 Å². The Bertz CT molecular complexity index is 381. The summed E-state index contributed by atoms with van der Waals surface area (Å²) in [5.41, 5.74) is 3.22. The van der Waals surface area contributed by atoms with Crippen molar-refractivity contribution >= 4 is 6.29 Å². The molecule has 0 saturated carbocycles. The molecule has 1 aromatic carbocycles. The van der Waals surface area contributed by atoms with Gasteiger partial charge >= 0.3 is 0 Å². The van der Waals surface area contributed by atoms with Gasteiger partial charge in [0.05, 0.1) is 0 Å². The van der Waals surface area contributed by atoms with Crippen LogP contribution in [0.2, 0.25) is 0 Å². The number of benzene rings is 1. The van der Waals surface area contributed by atoms with Crippen LogP contribution in [0.3, 0.4) is 0 Å². The molecular formula is C14H20O2. The highest BCUT2D eigenvalue weighted by Gasteiger charge is 2.14. The van der Waals surface area contributed by atoms with Gasteiger partial charge in [0.25, 0.3) is 0 Å². The molecule has 0 fully saturated rings. The van der Waals surface area contributed by atoms with Gasteiger partial charge in [-0.25, -0.2) is 0 Å². The summed E-state index contributed by atoms with van der Waals surface area (Å²) in [7, 11) is 0. The Balaban J connectivity index is 3.18. The number of phenols is 1. The van der Waals surface area contributed by atoms with Gasteiger partial charge in [-0.1, -0.05) is 26.8 Å². The summed E-state index contributed by atoms with van der Waals surface area (Å²) >= 11 is 0. The second-order valence-electron chi connectivity index (χ2n) is 4.73. The van der Waals surface area contributed by atoms with Crippen molar-refractivity contribution in [1.29, 1.82) is 0 Å². The van der Waals surface area contributed by atoms with E-state index in [4.69, 9.17) is 0 Å². The predicted octanol–water partition coefficient (Wildman–Crippen LogP) is 3.52. The first kappa shape index (κ1) is 12.8. The lowest BCUT2D eigenvalue weighted by Crippen LogP contribution is -2.00. The van der Waals surface area contributed by atoms with Crippen LogP contribution in [0.1, 0.15) is 55.7 Å². The fourth-order valence-corrected chi connectivity index (χ4v) is 2.02. The molecular weight excluding hydrogens is 200 g/mol. The molecule has 0 radical (unpaired) electrons. The van der Waals surface area contributed by atoms with E-state index in [1.54, 1.807) is 6.07 Å². The van der Waals surface area contributed by atoms with E-state index >= 15 is 0 Å². The first-order chi connectivity index (χ1) is 7.47. The maximum atomic E-state index is 10.5. The van der Waals surface area contributed by atoms with Crippen molar-refractivity contribution < 1.29 is 9.90 Å². The molecule has 0 aromatic heterocycles. The van der Waals surface area contributed by atoms with Gasteiger partial charge in [-0.3, -0.25) is 0 Å². The van der Waals surface area contributed by atoms with Gasteiger partial charge in [-0.2, -0.15) is 0 Å². The molecule has 1 N–H and O–H groups in total. The Labute approximate surface area is 97.3 Å². The van der Waals surface area contributed by atoms with Gasteiger partial charge in [-0.15, -0.1) is 0 Å². The second-order valence-corrected chi connectivity index (χ2v) is 4.73. The first-order valence-corrected chi connectivity index (χ1v) is 5.74. The number of aryl methyl sites for hydroxylation is 1. The monoisotopic (exact) mass is 220 g/mol. The summed E-state index contributed by atoms with van der Waals surface area (Å²) in [6, 6.07) is 3.83. The lowest BCUT2D eigenvalue weighted by Gasteiger charge is -2.17. The van der Waals surface area contributed by atoms with Crippen LogP contribution in [0.15, 0.2) is 12.1 Å². The van der Waals surface area contributed by atoms with Crippen molar-refractivity contribution in [1.82, 2.24) is 0 Å². The highest BCUT2D eigenvalue weighted by Crippen LogP contribution is 2.32. The molecule has 1 aromatic rings. The number of carbonyl (C=O) groups excluding carboxylic acids is 1. The highest BCUT2D eigenvalue weighted by molar-refractivity contribution is 5.53. The van der Waals surface area contributed by atoms with E-state index in [1.807, 2.05) is 19.9 Å². The fraction of sp³-hybridized carbons (Fsp3) is 0.500. The SMILES string of the molecule is Cc1cc(O)c(C(C)CC=O)cc1C(C)C. The number of aromatic hydroxyl groups is 1. The molecule has 16 heavy (non-hydrogen) atoms.